The maximum Gasteiger partial charge on any atom is 0.254 e. The molecule has 0 saturated heterocycles. The standard InChI is InChI=1S/C19H18F2N2O3S/c1-4-11-22-27(25,26)16-8-5-14(6-9-16)19(24)23(3)13(2)15-7-10-17(20)18(21)12-15/h1,5-10,12-13,22H,11H2,2-3H3. The number of benzene rings is 2. The molecular weight excluding hydrogens is 374 g/mol. The van der Waals surface area contributed by atoms with Crippen LogP contribution >= 0.6 is 0 Å². The number of carbonyl (C=O) groups is 1. The SMILES string of the molecule is C#CCNS(=O)(=O)c1ccc(C(=O)N(C)C(C)c2ccc(F)c(F)c2)cc1. The fraction of sp³-hybridized carbons (Fsp3) is 0.211. The fourth-order valence-corrected chi connectivity index (χ4v) is 3.31. The summed E-state index contributed by atoms with van der Waals surface area (Å²) >= 11 is 0. The second-order valence-corrected chi connectivity index (χ2v) is 7.59. The third kappa shape index (κ3) is 4.70. The van der Waals surface area contributed by atoms with E-state index in [1.165, 1.54) is 42.3 Å². The van der Waals surface area contributed by atoms with Gasteiger partial charge in [-0.15, -0.1) is 6.42 Å². The molecular formula is C19H18F2N2O3S. The van der Waals surface area contributed by atoms with E-state index in [1.54, 1.807) is 6.92 Å². The van der Waals surface area contributed by atoms with Gasteiger partial charge in [-0.1, -0.05) is 12.0 Å². The molecule has 8 heteroatoms. The largest absolute Gasteiger partial charge is 0.335 e. The minimum absolute atomic E-state index is 0.0226. The molecule has 0 aromatic heterocycles. The first-order valence-corrected chi connectivity index (χ1v) is 9.41. The van der Waals surface area contributed by atoms with E-state index in [2.05, 4.69) is 10.6 Å². The first kappa shape index (κ1) is 20.6. The molecule has 0 fully saturated rings. The van der Waals surface area contributed by atoms with Gasteiger partial charge in [0.2, 0.25) is 10.0 Å². The van der Waals surface area contributed by atoms with Crippen LogP contribution < -0.4 is 4.72 Å². The Balaban J connectivity index is 2.19. The smallest absolute Gasteiger partial charge is 0.254 e. The van der Waals surface area contributed by atoms with Crippen LogP contribution in [-0.2, 0) is 10.0 Å². The molecule has 0 spiro atoms. The molecule has 0 bridgehead atoms. The molecule has 2 aromatic rings. The van der Waals surface area contributed by atoms with Crippen LogP contribution in [0.5, 0.6) is 0 Å². The van der Waals surface area contributed by atoms with Gasteiger partial charge in [0.05, 0.1) is 17.5 Å². The number of terminal acetylenes is 1. The molecule has 2 rings (SSSR count). The Bertz CT molecular complexity index is 983. The lowest BCUT2D eigenvalue weighted by Gasteiger charge is -2.25. The predicted molar refractivity (Wildman–Crippen MR) is 97.3 cm³/mol. The van der Waals surface area contributed by atoms with Crippen LogP contribution in [0.25, 0.3) is 0 Å². The summed E-state index contributed by atoms with van der Waals surface area (Å²) in [5.74, 6) is -0.178. The normalized spacial score (nSPS) is 12.3. The van der Waals surface area contributed by atoms with E-state index in [4.69, 9.17) is 6.42 Å². The molecule has 5 nitrogen and oxygen atoms in total. The Kier molecular flexibility index (Phi) is 6.31. The monoisotopic (exact) mass is 392 g/mol. The van der Waals surface area contributed by atoms with E-state index < -0.39 is 33.6 Å². The van der Waals surface area contributed by atoms with Crippen LogP contribution in [0.3, 0.4) is 0 Å². The van der Waals surface area contributed by atoms with Crippen molar-refractivity contribution < 1.29 is 22.0 Å². The van der Waals surface area contributed by atoms with E-state index >= 15 is 0 Å². The average molecular weight is 392 g/mol. The Hall–Kier alpha value is -2.76. The summed E-state index contributed by atoms with van der Waals surface area (Å²) < 4.78 is 52.7. The number of nitrogens with one attached hydrogen (secondary N) is 1. The average Bonchev–Trinajstić information content (AvgIpc) is 2.67. The summed E-state index contributed by atoms with van der Waals surface area (Å²) in [6.07, 6.45) is 5.03. The summed E-state index contributed by atoms with van der Waals surface area (Å²) in [6, 6.07) is 8.26. The number of hydrogen-bond acceptors (Lipinski definition) is 3. The molecule has 0 radical (unpaired) electrons. The summed E-state index contributed by atoms with van der Waals surface area (Å²) in [5.41, 5.74) is 0.685. The van der Waals surface area contributed by atoms with E-state index in [0.29, 0.717) is 5.56 Å². The fourth-order valence-electron chi connectivity index (χ4n) is 2.37. The number of amides is 1. The van der Waals surface area contributed by atoms with Crippen LogP contribution in [0.15, 0.2) is 47.4 Å². The van der Waals surface area contributed by atoms with Gasteiger partial charge < -0.3 is 4.90 Å². The molecule has 1 unspecified atom stereocenters. The van der Waals surface area contributed by atoms with E-state index in [-0.39, 0.29) is 17.0 Å². The zero-order chi connectivity index (χ0) is 20.2. The van der Waals surface area contributed by atoms with Gasteiger partial charge in [-0.05, 0) is 48.9 Å². The van der Waals surface area contributed by atoms with Gasteiger partial charge in [0, 0.05) is 12.6 Å². The van der Waals surface area contributed by atoms with Crippen molar-refractivity contribution in [3.63, 3.8) is 0 Å². The summed E-state index contributed by atoms with van der Waals surface area (Å²) in [6.45, 7) is 1.53. The van der Waals surface area contributed by atoms with Crippen molar-refractivity contribution in [1.82, 2.24) is 9.62 Å². The number of nitrogens with zero attached hydrogens (tertiary/aromatic N) is 1. The van der Waals surface area contributed by atoms with E-state index in [1.807, 2.05) is 0 Å². The summed E-state index contributed by atoms with van der Waals surface area (Å²) in [7, 11) is -2.23. The van der Waals surface area contributed by atoms with Gasteiger partial charge in [-0.2, -0.15) is 4.72 Å². The highest BCUT2D eigenvalue weighted by molar-refractivity contribution is 7.89. The van der Waals surface area contributed by atoms with Crippen molar-refractivity contribution in [3.8, 4) is 12.3 Å². The van der Waals surface area contributed by atoms with Crippen LogP contribution in [0, 0.1) is 24.0 Å². The lowest BCUT2D eigenvalue weighted by atomic mass is 10.1. The molecule has 0 aliphatic carbocycles. The van der Waals surface area contributed by atoms with Gasteiger partial charge in [0.1, 0.15) is 0 Å². The third-order valence-electron chi connectivity index (χ3n) is 4.10. The third-order valence-corrected chi connectivity index (χ3v) is 5.52. The number of carbonyl (C=O) groups excluding carboxylic acids is 1. The number of sulfonamides is 1. The highest BCUT2D eigenvalue weighted by Gasteiger charge is 2.21. The van der Waals surface area contributed by atoms with Crippen molar-refractivity contribution in [1.29, 1.82) is 0 Å². The Morgan fingerprint density at radius 1 is 1.19 bits per heavy atom. The van der Waals surface area contributed by atoms with Crippen molar-refractivity contribution in [2.45, 2.75) is 17.9 Å². The molecule has 0 heterocycles. The van der Waals surface area contributed by atoms with E-state index in [9.17, 15) is 22.0 Å². The molecule has 1 N–H and O–H groups in total. The first-order valence-electron chi connectivity index (χ1n) is 7.92. The predicted octanol–water partition coefficient (Wildman–Crippen LogP) is 2.71. The second kappa shape index (κ2) is 8.29. The lowest BCUT2D eigenvalue weighted by Crippen LogP contribution is -2.30. The highest BCUT2D eigenvalue weighted by atomic mass is 32.2. The van der Waals surface area contributed by atoms with E-state index in [0.717, 1.165) is 12.1 Å². The first-order chi connectivity index (χ1) is 12.7. The Labute approximate surface area is 157 Å². The Morgan fingerprint density at radius 3 is 2.37 bits per heavy atom. The van der Waals surface area contributed by atoms with Crippen LogP contribution in [-0.4, -0.2) is 32.8 Å². The maximum atomic E-state index is 13.4. The van der Waals surface area contributed by atoms with Crippen LogP contribution in [0.4, 0.5) is 8.78 Å². The van der Waals surface area contributed by atoms with Gasteiger partial charge in [-0.25, -0.2) is 17.2 Å². The van der Waals surface area contributed by atoms with Crippen molar-refractivity contribution in [3.05, 3.63) is 65.2 Å². The molecule has 2 aromatic carbocycles. The molecule has 27 heavy (non-hydrogen) atoms. The van der Waals surface area contributed by atoms with Crippen LogP contribution in [0.2, 0.25) is 0 Å². The number of hydrogen-bond donors (Lipinski definition) is 1. The molecule has 0 saturated carbocycles. The van der Waals surface area contributed by atoms with Crippen molar-refractivity contribution >= 4 is 15.9 Å². The molecule has 142 valence electrons. The van der Waals surface area contributed by atoms with Crippen LogP contribution in [0.1, 0.15) is 28.9 Å². The zero-order valence-electron chi connectivity index (χ0n) is 14.7. The zero-order valence-corrected chi connectivity index (χ0v) is 15.6. The summed E-state index contributed by atoms with van der Waals surface area (Å²) in [4.78, 5) is 13.9. The minimum Gasteiger partial charge on any atom is -0.335 e. The maximum absolute atomic E-state index is 13.4. The lowest BCUT2D eigenvalue weighted by molar-refractivity contribution is 0.0742. The minimum atomic E-state index is -3.75. The summed E-state index contributed by atoms with van der Waals surface area (Å²) in [5, 5.41) is 0. The Morgan fingerprint density at radius 2 is 1.81 bits per heavy atom. The molecule has 0 aliphatic rings. The van der Waals surface area contributed by atoms with Crippen molar-refractivity contribution in [2.75, 3.05) is 13.6 Å². The topological polar surface area (TPSA) is 66.5 Å². The highest BCUT2D eigenvalue weighted by Crippen LogP contribution is 2.23. The quantitative estimate of drug-likeness (QED) is 0.769. The van der Waals surface area contributed by atoms with Crippen molar-refractivity contribution in [2.24, 2.45) is 0 Å². The number of halogens is 2. The van der Waals surface area contributed by atoms with Gasteiger partial charge in [0.25, 0.3) is 5.91 Å². The van der Waals surface area contributed by atoms with Gasteiger partial charge in [-0.3, -0.25) is 4.79 Å². The molecule has 1 amide bonds. The number of rotatable bonds is 6. The van der Waals surface area contributed by atoms with Gasteiger partial charge in [0.15, 0.2) is 11.6 Å². The van der Waals surface area contributed by atoms with Gasteiger partial charge >= 0.3 is 0 Å². The molecule has 0 aliphatic heterocycles. The molecule has 1 atom stereocenters. The second-order valence-electron chi connectivity index (χ2n) is 5.82.